The number of fused-ring (bicyclic) bond motifs is 2. The van der Waals surface area contributed by atoms with Gasteiger partial charge in [0.15, 0.2) is 0 Å². The van der Waals surface area contributed by atoms with Crippen molar-refractivity contribution in [2.45, 2.75) is 40.0 Å². The van der Waals surface area contributed by atoms with Crippen molar-refractivity contribution in [2.75, 3.05) is 0 Å². The molecule has 0 unspecified atom stereocenters. The lowest BCUT2D eigenvalue weighted by atomic mass is 10.1. The Bertz CT molecular complexity index is 373. The van der Waals surface area contributed by atoms with Crippen LogP contribution in [0.2, 0.25) is 0 Å². The Morgan fingerprint density at radius 1 is 1.12 bits per heavy atom. The highest BCUT2D eigenvalue weighted by Crippen LogP contribution is 2.35. The SMILES string of the molecule is C=C1C(C)=C2/C=C\CC/C=C\C=C/1C2.CC. The molecule has 0 aromatic carbocycles. The van der Waals surface area contributed by atoms with Gasteiger partial charge in [-0.3, -0.25) is 0 Å². The quantitative estimate of drug-likeness (QED) is 0.525. The van der Waals surface area contributed by atoms with Crippen LogP contribution in [0.4, 0.5) is 0 Å². The van der Waals surface area contributed by atoms with E-state index in [1.165, 1.54) is 22.3 Å². The molecule has 0 radical (unpaired) electrons. The summed E-state index contributed by atoms with van der Waals surface area (Å²) in [6, 6.07) is 0. The Morgan fingerprint density at radius 2 is 1.81 bits per heavy atom. The maximum atomic E-state index is 4.13. The van der Waals surface area contributed by atoms with Gasteiger partial charge in [-0.25, -0.2) is 0 Å². The Labute approximate surface area is 99.8 Å². The molecule has 0 atom stereocenters. The van der Waals surface area contributed by atoms with Crippen LogP contribution in [0.3, 0.4) is 0 Å². The smallest absolute Gasteiger partial charge is 0.00172 e. The first-order chi connectivity index (χ1) is 7.79. The number of rotatable bonds is 0. The van der Waals surface area contributed by atoms with E-state index in [9.17, 15) is 0 Å². The largest absolute Gasteiger partial charge is 0.0912 e. The van der Waals surface area contributed by atoms with Gasteiger partial charge in [0.1, 0.15) is 0 Å². The zero-order valence-corrected chi connectivity index (χ0v) is 10.7. The summed E-state index contributed by atoms with van der Waals surface area (Å²) < 4.78 is 0. The van der Waals surface area contributed by atoms with Gasteiger partial charge in [0.2, 0.25) is 0 Å². The summed E-state index contributed by atoms with van der Waals surface area (Å²) in [5, 5.41) is 0. The van der Waals surface area contributed by atoms with Crippen molar-refractivity contribution in [3.8, 4) is 0 Å². The van der Waals surface area contributed by atoms with Gasteiger partial charge in [0, 0.05) is 0 Å². The highest BCUT2D eigenvalue weighted by molar-refractivity contribution is 5.58. The van der Waals surface area contributed by atoms with Crippen molar-refractivity contribution in [1.29, 1.82) is 0 Å². The van der Waals surface area contributed by atoms with E-state index in [-0.39, 0.29) is 0 Å². The molecule has 0 fully saturated rings. The van der Waals surface area contributed by atoms with Crippen LogP contribution in [0, 0.1) is 0 Å². The zero-order valence-electron chi connectivity index (χ0n) is 10.7. The van der Waals surface area contributed by atoms with Crippen LogP contribution in [-0.4, -0.2) is 0 Å². The molecule has 2 rings (SSSR count). The van der Waals surface area contributed by atoms with E-state index < -0.39 is 0 Å². The minimum Gasteiger partial charge on any atom is -0.0912 e. The molecule has 0 nitrogen and oxygen atoms in total. The van der Waals surface area contributed by atoms with E-state index >= 15 is 0 Å². The second kappa shape index (κ2) is 6.32. The van der Waals surface area contributed by atoms with Crippen molar-refractivity contribution in [3.63, 3.8) is 0 Å². The Balaban J connectivity index is 0.000000606. The third-order valence-corrected chi connectivity index (χ3v) is 2.96. The van der Waals surface area contributed by atoms with Crippen LogP contribution in [-0.2, 0) is 0 Å². The van der Waals surface area contributed by atoms with Gasteiger partial charge in [0.25, 0.3) is 0 Å². The molecule has 0 N–H and O–H groups in total. The van der Waals surface area contributed by atoms with Gasteiger partial charge in [-0.15, -0.1) is 0 Å². The predicted molar refractivity (Wildman–Crippen MR) is 73.4 cm³/mol. The van der Waals surface area contributed by atoms with Crippen LogP contribution >= 0.6 is 0 Å². The lowest BCUT2D eigenvalue weighted by Crippen LogP contribution is -1.79. The molecule has 0 saturated carbocycles. The van der Waals surface area contributed by atoms with Crippen LogP contribution in [0.5, 0.6) is 0 Å². The van der Waals surface area contributed by atoms with Gasteiger partial charge in [-0.05, 0) is 48.5 Å². The zero-order chi connectivity index (χ0) is 12.0. The molecular weight excluding hydrogens is 192 g/mol. The maximum absolute atomic E-state index is 4.13. The van der Waals surface area contributed by atoms with Gasteiger partial charge < -0.3 is 0 Å². The topological polar surface area (TPSA) is 0 Å². The summed E-state index contributed by atoms with van der Waals surface area (Å²) in [6.45, 7) is 10.3. The third kappa shape index (κ3) is 2.85. The van der Waals surface area contributed by atoms with Crippen molar-refractivity contribution in [1.82, 2.24) is 0 Å². The molecule has 86 valence electrons. The minimum absolute atomic E-state index is 1.06. The first-order valence-corrected chi connectivity index (χ1v) is 6.20. The second-order valence-electron chi connectivity index (χ2n) is 3.91. The predicted octanol–water partition coefficient (Wildman–Crippen LogP) is 5.12. The van der Waals surface area contributed by atoms with E-state index in [4.69, 9.17) is 0 Å². The number of hydrogen-bond acceptors (Lipinski definition) is 0. The maximum Gasteiger partial charge on any atom is -0.00172 e. The molecule has 0 saturated heterocycles. The standard InChI is InChI=1S/C14H16.C2H6/c1-11-12(2)14-9-7-5-3-4-6-8-13(11)10-14;1-2/h4,6-9H,1,3,5,10H2,2H3;1-2H3/b6-4-,9-7-,13-8-;. The molecule has 2 bridgehead atoms. The molecule has 0 aromatic rings. The molecule has 0 aromatic heterocycles. The monoisotopic (exact) mass is 214 g/mol. The van der Waals surface area contributed by atoms with Gasteiger partial charge in [-0.2, -0.15) is 0 Å². The van der Waals surface area contributed by atoms with E-state index in [0.717, 1.165) is 19.3 Å². The van der Waals surface area contributed by atoms with Gasteiger partial charge in [0.05, 0.1) is 0 Å². The summed E-state index contributed by atoms with van der Waals surface area (Å²) in [5.74, 6) is 0. The normalized spacial score (nSPS) is 26.4. The fraction of sp³-hybridized carbons (Fsp3) is 0.375. The Kier molecular flexibility index (Phi) is 5.04. The first kappa shape index (κ1) is 12.8. The van der Waals surface area contributed by atoms with Crippen molar-refractivity contribution < 1.29 is 0 Å². The number of allylic oxidation sites excluding steroid dienone is 9. The summed E-state index contributed by atoms with van der Waals surface area (Å²) in [5.41, 5.74) is 5.40. The molecular formula is C16H22. The molecule has 0 amide bonds. The third-order valence-electron chi connectivity index (χ3n) is 2.96. The Morgan fingerprint density at radius 3 is 2.56 bits per heavy atom. The minimum atomic E-state index is 1.06. The van der Waals surface area contributed by atoms with E-state index in [2.05, 4.69) is 43.9 Å². The van der Waals surface area contributed by atoms with E-state index in [1.54, 1.807) is 0 Å². The van der Waals surface area contributed by atoms with Gasteiger partial charge >= 0.3 is 0 Å². The lowest BCUT2D eigenvalue weighted by molar-refractivity contribution is 1.04. The molecule has 0 aliphatic heterocycles. The molecule has 0 spiro atoms. The van der Waals surface area contributed by atoms with Crippen LogP contribution in [0.15, 0.2) is 59.3 Å². The highest BCUT2D eigenvalue weighted by atomic mass is 14.2. The van der Waals surface area contributed by atoms with Crippen molar-refractivity contribution in [2.24, 2.45) is 0 Å². The fourth-order valence-electron chi connectivity index (χ4n) is 1.92. The van der Waals surface area contributed by atoms with Crippen molar-refractivity contribution >= 4 is 0 Å². The van der Waals surface area contributed by atoms with Gasteiger partial charge in [-0.1, -0.05) is 50.8 Å². The average molecular weight is 214 g/mol. The Hall–Kier alpha value is -1.30. The second-order valence-corrected chi connectivity index (χ2v) is 3.91. The number of hydrogen-bond donors (Lipinski definition) is 0. The molecule has 2 aliphatic rings. The van der Waals surface area contributed by atoms with Crippen LogP contribution in [0.25, 0.3) is 0 Å². The van der Waals surface area contributed by atoms with Crippen LogP contribution < -0.4 is 0 Å². The summed E-state index contributed by atoms with van der Waals surface area (Å²) >= 11 is 0. The highest BCUT2D eigenvalue weighted by Gasteiger charge is 2.16. The summed E-state index contributed by atoms with van der Waals surface area (Å²) in [6.07, 6.45) is 14.5. The lowest BCUT2D eigenvalue weighted by Gasteiger charge is -1.98. The summed E-state index contributed by atoms with van der Waals surface area (Å²) in [7, 11) is 0. The molecule has 16 heavy (non-hydrogen) atoms. The van der Waals surface area contributed by atoms with Crippen LogP contribution in [0.1, 0.15) is 40.0 Å². The molecule has 0 heteroatoms. The molecule has 2 aliphatic carbocycles. The summed E-state index contributed by atoms with van der Waals surface area (Å²) in [4.78, 5) is 0. The van der Waals surface area contributed by atoms with E-state index in [1.807, 2.05) is 13.8 Å². The van der Waals surface area contributed by atoms with E-state index in [0.29, 0.717) is 0 Å². The van der Waals surface area contributed by atoms with Crippen molar-refractivity contribution in [3.05, 3.63) is 59.3 Å². The fourth-order valence-corrected chi connectivity index (χ4v) is 1.92. The first-order valence-electron chi connectivity index (χ1n) is 6.20. The molecule has 0 heterocycles. The average Bonchev–Trinajstić information content (AvgIpc) is 2.59.